The summed E-state index contributed by atoms with van der Waals surface area (Å²) in [5.74, 6) is 0.765. The fourth-order valence-corrected chi connectivity index (χ4v) is 1.92. The fraction of sp³-hybridized carbons (Fsp3) is 0.500. The molecule has 1 N–H and O–H groups in total. The highest BCUT2D eigenvalue weighted by Crippen LogP contribution is 2.44. The standard InChI is InChI=1S/C14H18N2O/c1-14(2)9-13(14)16-10-11-4-3-5-12(8-11)17-7-6-15/h3-5,8,13,16H,7,9-10H2,1-2H3. The minimum absolute atomic E-state index is 0.104. The zero-order valence-electron chi connectivity index (χ0n) is 10.4. The molecule has 0 heterocycles. The van der Waals surface area contributed by atoms with Gasteiger partial charge in [0.15, 0.2) is 6.61 Å². The number of nitriles is 1. The molecule has 17 heavy (non-hydrogen) atoms. The van der Waals surface area contributed by atoms with Gasteiger partial charge in [0, 0.05) is 12.6 Å². The first-order valence-corrected chi connectivity index (χ1v) is 5.94. The van der Waals surface area contributed by atoms with Crippen LogP contribution < -0.4 is 10.1 Å². The lowest BCUT2D eigenvalue weighted by molar-refractivity contribution is 0.367. The first-order valence-electron chi connectivity index (χ1n) is 5.94. The summed E-state index contributed by atoms with van der Waals surface area (Å²) in [4.78, 5) is 0. The van der Waals surface area contributed by atoms with Crippen molar-refractivity contribution in [3.63, 3.8) is 0 Å². The smallest absolute Gasteiger partial charge is 0.174 e. The van der Waals surface area contributed by atoms with E-state index in [1.54, 1.807) is 0 Å². The number of benzene rings is 1. The number of hydrogen-bond acceptors (Lipinski definition) is 3. The normalized spacial score (nSPS) is 20.6. The molecule has 1 aromatic carbocycles. The Morgan fingerprint density at radius 1 is 1.53 bits per heavy atom. The number of nitrogens with zero attached hydrogens (tertiary/aromatic N) is 1. The molecule has 1 fully saturated rings. The van der Waals surface area contributed by atoms with Gasteiger partial charge in [-0.3, -0.25) is 0 Å². The van der Waals surface area contributed by atoms with Gasteiger partial charge in [0.1, 0.15) is 11.8 Å². The molecule has 0 spiro atoms. The van der Waals surface area contributed by atoms with Gasteiger partial charge < -0.3 is 10.1 Å². The molecular weight excluding hydrogens is 212 g/mol. The van der Waals surface area contributed by atoms with Crippen LogP contribution in [0, 0.1) is 16.7 Å². The van der Waals surface area contributed by atoms with Gasteiger partial charge in [0.25, 0.3) is 0 Å². The molecule has 0 aliphatic heterocycles. The van der Waals surface area contributed by atoms with Gasteiger partial charge in [-0.2, -0.15) is 5.26 Å². The largest absolute Gasteiger partial charge is 0.479 e. The van der Waals surface area contributed by atoms with Crippen LogP contribution in [0.2, 0.25) is 0 Å². The lowest BCUT2D eigenvalue weighted by Crippen LogP contribution is -2.19. The predicted molar refractivity (Wildman–Crippen MR) is 66.6 cm³/mol. The van der Waals surface area contributed by atoms with Crippen LogP contribution in [0.5, 0.6) is 5.75 Å². The summed E-state index contributed by atoms with van der Waals surface area (Å²) in [7, 11) is 0. The van der Waals surface area contributed by atoms with E-state index in [9.17, 15) is 0 Å². The zero-order chi connectivity index (χ0) is 12.3. The van der Waals surface area contributed by atoms with E-state index in [1.807, 2.05) is 24.3 Å². The summed E-state index contributed by atoms with van der Waals surface area (Å²) in [5, 5.41) is 12.0. The predicted octanol–water partition coefficient (Wildman–Crippen LogP) is 2.48. The van der Waals surface area contributed by atoms with Gasteiger partial charge in [-0.1, -0.05) is 26.0 Å². The molecule has 0 radical (unpaired) electrons. The average molecular weight is 230 g/mol. The van der Waals surface area contributed by atoms with Crippen molar-refractivity contribution in [3.8, 4) is 11.8 Å². The van der Waals surface area contributed by atoms with Crippen molar-refractivity contribution in [2.75, 3.05) is 6.61 Å². The molecule has 1 saturated carbocycles. The molecule has 1 aliphatic carbocycles. The maximum Gasteiger partial charge on any atom is 0.174 e. The Morgan fingerprint density at radius 2 is 2.29 bits per heavy atom. The number of rotatable bonds is 5. The van der Waals surface area contributed by atoms with Crippen LogP contribution in [0.1, 0.15) is 25.8 Å². The Balaban J connectivity index is 1.86. The van der Waals surface area contributed by atoms with Crippen molar-refractivity contribution < 1.29 is 4.74 Å². The second-order valence-corrected chi connectivity index (χ2v) is 5.22. The van der Waals surface area contributed by atoms with Crippen LogP contribution in [0.4, 0.5) is 0 Å². The molecule has 0 saturated heterocycles. The maximum absolute atomic E-state index is 8.45. The summed E-state index contributed by atoms with van der Waals surface area (Å²) < 4.78 is 5.27. The number of hydrogen-bond donors (Lipinski definition) is 1. The van der Waals surface area contributed by atoms with E-state index < -0.39 is 0 Å². The Labute approximate surface area is 102 Å². The van der Waals surface area contributed by atoms with E-state index in [4.69, 9.17) is 10.00 Å². The van der Waals surface area contributed by atoms with Crippen molar-refractivity contribution in [2.24, 2.45) is 5.41 Å². The molecule has 1 atom stereocenters. The molecule has 0 amide bonds. The van der Waals surface area contributed by atoms with Gasteiger partial charge in [-0.05, 0) is 29.5 Å². The Kier molecular flexibility index (Phi) is 3.35. The van der Waals surface area contributed by atoms with E-state index in [1.165, 1.54) is 12.0 Å². The van der Waals surface area contributed by atoms with Gasteiger partial charge >= 0.3 is 0 Å². The Bertz CT molecular complexity index is 434. The van der Waals surface area contributed by atoms with Crippen LogP contribution in [0.3, 0.4) is 0 Å². The summed E-state index contributed by atoms with van der Waals surface area (Å²) in [6, 6.07) is 10.5. The highest BCUT2D eigenvalue weighted by molar-refractivity contribution is 5.28. The maximum atomic E-state index is 8.45. The quantitative estimate of drug-likeness (QED) is 0.845. The average Bonchev–Trinajstić information content (AvgIpc) is 2.92. The molecule has 0 bridgehead atoms. The second-order valence-electron chi connectivity index (χ2n) is 5.22. The van der Waals surface area contributed by atoms with E-state index in [2.05, 4.69) is 25.2 Å². The zero-order valence-corrected chi connectivity index (χ0v) is 10.4. The van der Waals surface area contributed by atoms with E-state index in [-0.39, 0.29) is 6.61 Å². The van der Waals surface area contributed by atoms with Gasteiger partial charge in [0.2, 0.25) is 0 Å². The van der Waals surface area contributed by atoms with Crippen LogP contribution in [-0.2, 0) is 6.54 Å². The van der Waals surface area contributed by atoms with Gasteiger partial charge in [0.05, 0.1) is 0 Å². The van der Waals surface area contributed by atoms with Crippen molar-refractivity contribution in [2.45, 2.75) is 32.9 Å². The van der Waals surface area contributed by atoms with Crippen molar-refractivity contribution in [3.05, 3.63) is 29.8 Å². The first kappa shape index (κ1) is 11.9. The highest BCUT2D eigenvalue weighted by atomic mass is 16.5. The SMILES string of the molecule is CC1(C)CC1NCc1cccc(OCC#N)c1. The summed E-state index contributed by atoms with van der Waals surface area (Å²) >= 11 is 0. The van der Waals surface area contributed by atoms with E-state index in [0.717, 1.165) is 12.3 Å². The molecule has 3 nitrogen and oxygen atoms in total. The summed E-state index contributed by atoms with van der Waals surface area (Å²) in [6.45, 7) is 5.51. The second kappa shape index (κ2) is 4.77. The molecule has 1 aliphatic rings. The van der Waals surface area contributed by atoms with Crippen LogP contribution in [-0.4, -0.2) is 12.6 Å². The lowest BCUT2D eigenvalue weighted by atomic mass is 10.1. The van der Waals surface area contributed by atoms with E-state index >= 15 is 0 Å². The van der Waals surface area contributed by atoms with Crippen molar-refractivity contribution >= 4 is 0 Å². The third kappa shape index (κ3) is 3.21. The first-order chi connectivity index (χ1) is 8.12. The third-order valence-corrected chi connectivity index (χ3v) is 3.27. The third-order valence-electron chi connectivity index (χ3n) is 3.27. The molecule has 3 heteroatoms. The summed E-state index contributed by atoms with van der Waals surface area (Å²) in [6.07, 6.45) is 1.25. The van der Waals surface area contributed by atoms with Crippen LogP contribution >= 0.6 is 0 Å². The van der Waals surface area contributed by atoms with Crippen LogP contribution in [0.25, 0.3) is 0 Å². The minimum Gasteiger partial charge on any atom is -0.479 e. The molecule has 1 aromatic rings. The number of nitrogens with one attached hydrogen (secondary N) is 1. The van der Waals surface area contributed by atoms with Crippen molar-refractivity contribution in [1.29, 1.82) is 5.26 Å². The van der Waals surface area contributed by atoms with Gasteiger partial charge in [-0.15, -0.1) is 0 Å². The Hall–Kier alpha value is -1.53. The molecular formula is C14H18N2O. The molecule has 2 rings (SSSR count). The summed E-state index contributed by atoms with van der Waals surface area (Å²) in [5.41, 5.74) is 1.65. The fourth-order valence-electron chi connectivity index (χ4n) is 1.92. The van der Waals surface area contributed by atoms with Gasteiger partial charge in [-0.25, -0.2) is 0 Å². The minimum atomic E-state index is 0.104. The highest BCUT2D eigenvalue weighted by Gasteiger charge is 2.44. The monoisotopic (exact) mass is 230 g/mol. The Morgan fingerprint density at radius 3 is 2.94 bits per heavy atom. The molecule has 90 valence electrons. The van der Waals surface area contributed by atoms with Crippen molar-refractivity contribution in [1.82, 2.24) is 5.32 Å². The molecule has 0 aromatic heterocycles. The van der Waals surface area contributed by atoms with E-state index in [0.29, 0.717) is 11.5 Å². The molecule has 1 unspecified atom stereocenters. The van der Waals surface area contributed by atoms with Crippen LogP contribution in [0.15, 0.2) is 24.3 Å². The topological polar surface area (TPSA) is 45.0 Å². The number of ether oxygens (including phenoxy) is 1. The lowest BCUT2D eigenvalue weighted by Gasteiger charge is -2.08.